The molecule has 2 aromatic carbocycles. The van der Waals surface area contributed by atoms with Gasteiger partial charge in [-0.2, -0.15) is 0 Å². The molecule has 0 aliphatic carbocycles. The SMILES string of the molecule is CCOC(=O)c1cc(-c2ccccc2)sc1NC(=O)CSc1nnc(-c2ccc3c(c2)OCO3)o1. The van der Waals surface area contributed by atoms with Gasteiger partial charge in [-0.3, -0.25) is 4.79 Å². The van der Waals surface area contributed by atoms with E-state index in [2.05, 4.69) is 15.5 Å². The molecule has 9 nitrogen and oxygen atoms in total. The molecule has 0 bridgehead atoms. The second-order valence-electron chi connectivity index (χ2n) is 7.22. The minimum Gasteiger partial charge on any atom is -0.462 e. The Balaban J connectivity index is 1.26. The number of fused-ring (bicyclic) bond motifs is 1. The van der Waals surface area contributed by atoms with E-state index in [1.165, 1.54) is 11.3 Å². The highest BCUT2D eigenvalue weighted by molar-refractivity contribution is 7.99. The lowest BCUT2D eigenvalue weighted by atomic mass is 10.1. The van der Waals surface area contributed by atoms with Gasteiger partial charge in [0.1, 0.15) is 5.00 Å². The second-order valence-corrected chi connectivity index (χ2v) is 9.20. The molecule has 0 saturated heterocycles. The zero-order valence-corrected chi connectivity index (χ0v) is 20.1. The molecule has 3 heterocycles. The largest absolute Gasteiger partial charge is 0.462 e. The van der Waals surface area contributed by atoms with Crippen LogP contribution in [0, 0.1) is 0 Å². The lowest BCUT2D eigenvalue weighted by Crippen LogP contribution is -2.15. The summed E-state index contributed by atoms with van der Waals surface area (Å²) in [6.45, 7) is 2.15. The quantitative estimate of drug-likeness (QED) is 0.256. The van der Waals surface area contributed by atoms with Gasteiger partial charge in [0.15, 0.2) is 11.5 Å². The van der Waals surface area contributed by atoms with Crippen molar-refractivity contribution >= 4 is 40.0 Å². The van der Waals surface area contributed by atoms with E-state index < -0.39 is 5.97 Å². The molecule has 1 aliphatic rings. The van der Waals surface area contributed by atoms with Gasteiger partial charge in [0.25, 0.3) is 5.22 Å². The van der Waals surface area contributed by atoms with Crippen LogP contribution in [-0.2, 0) is 9.53 Å². The van der Waals surface area contributed by atoms with Gasteiger partial charge in [0, 0.05) is 10.4 Å². The Kier molecular flexibility index (Phi) is 6.68. The third-order valence-electron chi connectivity index (χ3n) is 4.89. The van der Waals surface area contributed by atoms with Crippen LogP contribution >= 0.6 is 23.1 Å². The molecular weight excluding hydrogens is 490 g/mol. The molecule has 0 radical (unpaired) electrons. The van der Waals surface area contributed by atoms with E-state index in [-0.39, 0.29) is 30.3 Å². The van der Waals surface area contributed by atoms with Gasteiger partial charge in [0.05, 0.1) is 17.9 Å². The first-order valence-corrected chi connectivity index (χ1v) is 12.4. The Bertz CT molecular complexity index is 1370. The predicted octanol–water partition coefficient (Wildman–Crippen LogP) is 5.10. The minimum atomic E-state index is -0.487. The summed E-state index contributed by atoms with van der Waals surface area (Å²) in [5, 5.41) is 11.5. The summed E-state index contributed by atoms with van der Waals surface area (Å²) in [5.41, 5.74) is 1.95. The van der Waals surface area contributed by atoms with Crippen molar-refractivity contribution in [1.29, 1.82) is 0 Å². The maximum Gasteiger partial charge on any atom is 0.341 e. The fourth-order valence-corrected chi connectivity index (χ4v) is 4.92. The van der Waals surface area contributed by atoms with Crippen LogP contribution in [-0.4, -0.2) is 41.2 Å². The molecule has 5 rings (SSSR count). The Hall–Kier alpha value is -3.83. The number of carbonyl (C=O) groups is 2. The zero-order valence-electron chi connectivity index (χ0n) is 18.5. The molecule has 11 heteroatoms. The van der Waals surface area contributed by atoms with Crippen molar-refractivity contribution in [2.75, 3.05) is 24.5 Å². The summed E-state index contributed by atoms with van der Waals surface area (Å²) >= 11 is 2.41. The monoisotopic (exact) mass is 509 g/mol. The number of hydrogen-bond acceptors (Lipinski definition) is 10. The van der Waals surface area contributed by atoms with Gasteiger partial charge in [-0.25, -0.2) is 4.79 Å². The summed E-state index contributed by atoms with van der Waals surface area (Å²) in [5.74, 6) is 0.789. The topological polar surface area (TPSA) is 113 Å². The fourth-order valence-electron chi connectivity index (χ4n) is 3.29. The summed E-state index contributed by atoms with van der Waals surface area (Å²) in [7, 11) is 0. The van der Waals surface area contributed by atoms with Crippen LogP contribution in [0.1, 0.15) is 17.3 Å². The molecule has 0 atom stereocenters. The van der Waals surface area contributed by atoms with E-state index in [1.54, 1.807) is 31.2 Å². The predicted molar refractivity (Wildman–Crippen MR) is 131 cm³/mol. The zero-order chi connectivity index (χ0) is 24.2. The molecule has 0 fully saturated rings. The highest BCUT2D eigenvalue weighted by Crippen LogP contribution is 2.37. The maximum atomic E-state index is 12.7. The van der Waals surface area contributed by atoms with Crippen LogP contribution in [0.15, 0.2) is 64.2 Å². The van der Waals surface area contributed by atoms with Gasteiger partial charge in [-0.1, -0.05) is 42.1 Å². The van der Waals surface area contributed by atoms with Crippen molar-refractivity contribution in [2.24, 2.45) is 0 Å². The first-order chi connectivity index (χ1) is 17.1. The molecular formula is C24H19N3O6S2. The van der Waals surface area contributed by atoms with Crippen molar-refractivity contribution in [1.82, 2.24) is 10.2 Å². The van der Waals surface area contributed by atoms with Crippen molar-refractivity contribution in [3.05, 3.63) is 60.2 Å². The Morgan fingerprint density at radius 3 is 2.71 bits per heavy atom. The van der Waals surface area contributed by atoms with Crippen LogP contribution in [0.25, 0.3) is 21.9 Å². The number of esters is 1. The van der Waals surface area contributed by atoms with E-state index >= 15 is 0 Å². The number of nitrogens with zero attached hydrogens (tertiary/aromatic N) is 2. The smallest absolute Gasteiger partial charge is 0.341 e. The van der Waals surface area contributed by atoms with E-state index in [0.29, 0.717) is 33.5 Å². The van der Waals surface area contributed by atoms with Crippen molar-refractivity contribution in [2.45, 2.75) is 12.1 Å². The highest BCUT2D eigenvalue weighted by atomic mass is 32.2. The Morgan fingerprint density at radius 1 is 1.06 bits per heavy atom. The number of amides is 1. The number of anilines is 1. The number of rotatable bonds is 8. The average molecular weight is 510 g/mol. The summed E-state index contributed by atoms with van der Waals surface area (Å²) in [4.78, 5) is 26.0. The molecule has 0 saturated carbocycles. The number of benzene rings is 2. The number of hydrogen-bond donors (Lipinski definition) is 1. The number of aromatic nitrogens is 2. The molecule has 0 spiro atoms. The van der Waals surface area contributed by atoms with Crippen LogP contribution in [0.2, 0.25) is 0 Å². The standard InChI is InChI=1S/C24H19N3O6S2/c1-2-30-23(29)16-11-19(14-6-4-3-5-7-14)35-22(16)25-20(28)12-34-24-27-26-21(33-24)15-8-9-17-18(10-15)32-13-31-17/h3-11H,2,12-13H2,1H3,(H,25,28). The van der Waals surface area contributed by atoms with Gasteiger partial charge >= 0.3 is 5.97 Å². The van der Waals surface area contributed by atoms with Gasteiger partial charge in [0.2, 0.25) is 18.6 Å². The van der Waals surface area contributed by atoms with Crippen LogP contribution in [0.4, 0.5) is 5.00 Å². The lowest BCUT2D eigenvalue weighted by molar-refractivity contribution is -0.113. The van der Waals surface area contributed by atoms with Crippen LogP contribution < -0.4 is 14.8 Å². The van der Waals surface area contributed by atoms with Gasteiger partial charge < -0.3 is 23.9 Å². The molecule has 35 heavy (non-hydrogen) atoms. The third kappa shape index (κ3) is 5.15. The molecule has 0 unspecified atom stereocenters. The van der Waals surface area contributed by atoms with E-state index in [1.807, 2.05) is 30.3 Å². The van der Waals surface area contributed by atoms with Gasteiger partial charge in [-0.05, 0) is 36.8 Å². The molecule has 2 aromatic heterocycles. The molecule has 1 aliphatic heterocycles. The van der Waals surface area contributed by atoms with E-state index in [9.17, 15) is 9.59 Å². The first kappa shape index (κ1) is 22.9. The van der Waals surface area contributed by atoms with Crippen molar-refractivity contribution in [3.8, 4) is 33.4 Å². The Morgan fingerprint density at radius 2 is 1.89 bits per heavy atom. The molecule has 4 aromatic rings. The second kappa shape index (κ2) is 10.2. The normalized spacial score (nSPS) is 11.9. The van der Waals surface area contributed by atoms with Crippen LogP contribution in [0.3, 0.4) is 0 Å². The minimum absolute atomic E-state index is 0.0175. The third-order valence-corrected chi connectivity index (χ3v) is 6.81. The van der Waals surface area contributed by atoms with Crippen LogP contribution in [0.5, 0.6) is 11.5 Å². The maximum absolute atomic E-state index is 12.7. The number of thioether (sulfide) groups is 1. The first-order valence-electron chi connectivity index (χ1n) is 10.6. The fraction of sp³-hybridized carbons (Fsp3) is 0.167. The van der Waals surface area contributed by atoms with E-state index in [4.69, 9.17) is 18.6 Å². The molecule has 178 valence electrons. The summed E-state index contributed by atoms with van der Waals surface area (Å²) < 4.78 is 21.5. The molecule has 1 N–H and O–H groups in total. The number of nitrogens with one attached hydrogen (secondary N) is 1. The lowest BCUT2D eigenvalue weighted by Gasteiger charge is -2.05. The number of carbonyl (C=O) groups excluding carboxylic acids is 2. The summed E-state index contributed by atoms with van der Waals surface area (Å²) in [6, 6.07) is 16.7. The highest BCUT2D eigenvalue weighted by Gasteiger charge is 2.21. The van der Waals surface area contributed by atoms with Gasteiger partial charge in [-0.15, -0.1) is 21.5 Å². The number of thiophene rings is 1. The average Bonchev–Trinajstić information content (AvgIpc) is 3.62. The summed E-state index contributed by atoms with van der Waals surface area (Å²) in [6.07, 6.45) is 0. The number of ether oxygens (including phenoxy) is 3. The Labute approximate surface area is 208 Å². The van der Waals surface area contributed by atoms with Crippen molar-refractivity contribution < 1.29 is 28.2 Å². The van der Waals surface area contributed by atoms with Crippen molar-refractivity contribution in [3.63, 3.8) is 0 Å². The van der Waals surface area contributed by atoms with E-state index in [0.717, 1.165) is 22.2 Å². The molecule has 1 amide bonds.